The van der Waals surface area contributed by atoms with Crippen LogP contribution in [0.25, 0.3) is 11.1 Å². The molecular formula is C34H36N4O2. The molecule has 4 aromatic rings. The van der Waals surface area contributed by atoms with E-state index in [1.54, 1.807) is 0 Å². The molecule has 0 aliphatic carbocycles. The summed E-state index contributed by atoms with van der Waals surface area (Å²) in [6.45, 7) is 4.35. The molecule has 204 valence electrons. The van der Waals surface area contributed by atoms with Crippen LogP contribution in [0.4, 0.5) is 11.4 Å². The minimum atomic E-state index is -0.295. The third kappa shape index (κ3) is 6.58. The lowest BCUT2D eigenvalue weighted by Crippen LogP contribution is -2.40. The summed E-state index contributed by atoms with van der Waals surface area (Å²) in [7, 11) is 0. The number of carbonyl (C=O) groups excluding carboxylic acids is 2. The monoisotopic (exact) mass is 532 g/mol. The second-order valence-corrected chi connectivity index (χ2v) is 10.2. The maximum atomic E-state index is 13.1. The number of rotatable bonds is 10. The van der Waals surface area contributed by atoms with Crippen LogP contribution in [0.1, 0.15) is 41.7 Å². The average molecular weight is 533 g/mol. The molecule has 1 aliphatic heterocycles. The predicted octanol–water partition coefficient (Wildman–Crippen LogP) is 6.36. The van der Waals surface area contributed by atoms with Gasteiger partial charge in [-0.3, -0.25) is 14.5 Å². The summed E-state index contributed by atoms with van der Waals surface area (Å²) in [5, 5.41) is 9.74. The molecular weight excluding hydrogens is 496 g/mol. The van der Waals surface area contributed by atoms with Crippen molar-refractivity contribution in [2.75, 3.05) is 30.3 Å². The van der Waals surface area contributed by atoms with Gasteiger partial charge in [-0.25, -0.2) is 0 Å². The number of hydrogen-bond acceptors (Lipinski definition) is 4. The molecule has 1 fully saturated rings. The van der Waals surface area contributed by atoms with Gasteiger partial charge in [0, 0.05) is 42.6 Å². The van der Waals surface area contributed by atoms with Gasteiger partial charge in [-0.2, -0.15) is 0 Å². The number of anilines is 2. The molecule has 6 heteroatoms. The molecule has 4 aromatic carbocycles. The van der Waals surface area contributed by atoms with Gasteiger partial charge >= 0.3 is 0 Å². The molecule has 2 unspecified atom stereocenters. The molecule has 1 saturated heterocycles. The van der Waals surface area contributed by atoms with Crippen LogP contribution in [0.5, 0.6) is 0 Å². The van der Waals surface area contributed by atoms with Crippen LogP contribution in [-0.2, 0) is 4.79 Å². The van der Waals surface area contributed by atoms with E-state index in [-0.39, 0.29) is 23.9 Å². The van der Waals surface area contributed by atoms with Crippen LogP contribution < -0.4 is 16.0 Å². The predicted molar refractivity (Wildman–Crippen MR) is 162 cm³/mol. The van der Waals surface area contributed by atoms with Crippen LogP contribution >= 0.6 is 0 Å². The number of benzene rings is 4. The van der Waals surface area contributed by atoms with Gasteiger partial charge in [-0.05, 0) is 59.9 Å². The fourth-order valence-electron chi connectivity index (χ4n) is 5.28. The van der Waals surface area contributed by atoms with E-state index in [0.29, 0.717) is 12.1 Å². The van der Waals surface area contributed by atoms with E-state index >= 15 is 0 Å². The van der Waals surface area contributed by atoms with E-state index in [1.165, 1.54) is 0 Å². The van der Waals surface area contributed by atoms with E-state index in [9.17, 15) is 9.59 Å². The van der Waals surface area contributed by atoms with E-state index in [2.05, 4.69) is 27.8 Å². The van der Waals surface area contributed by atoms with Gasteiger partial charge in [0.15, 0.2) is 0 Å². The molecule has 1 aliphatic rings. The van der Waals surface area contributed by atoms with E-state index < -0.39 is 0 Å². The lowest BCUT2D eigenvalue weighted by Gasteiger charge is -2.27. The Labute approximate surface area is 236 Å². The van der Waals surface area contributed by atoms with Crippen molar-refractivity contribution in [1.29, 1.82) is 0 Å². The van der Waals surface area contributed by atoms with Gasteiger partial charge in [0.25, 0.3) is 5.91 Å². The molecule has 3 N–H and O–H groups in total. The largest absolute Gasteiger partial charge is 0.381 e. The average Bonchev–Trinajstić information content (AvgIpc) is 3.45. The van der Waals surface area contributed by atoms with Crippen molar-refractivity contribution in [3.63, 3.8) is 0 Å². The number of nitrogens with one attached hydrogen (secondary N) is 3. The quantitative estimate of drug-likeness (QED) is 0.222. The minimum absolute atomic E-state index is 0.0580. The first-order valence-electron chi connectivity index (χ1n) is 14.0. The molecule has 2 amide bonds. The van der Waals surface area contributed by atoms with E-state index in [4.69, 9.17) is 0 Å². The highest BCUT2D eigenvalue weighted by Gasteiger charge is 2.33. The van der Waals surface area contributed by atoms with Gasteiger partial charge in [0.2, 0.25) is 5.91 Å². The fraction of sp³-hybridized carbons (Fsp3) is 0.235. The smallest absolute Gasteiger partial charge is 0.256 e. The fourth-order valence-corrected chi connectivity index (χ4v) is 5.28. The lowest BCUT2D eigenvalue weighted by atomic mass is 9.99. The van der Waals surface area contributed by atoms with Crippen molar-refractivity contribution in [3.8, 4) is 11.1 Å². The zero-order valence-corrected chi connectivity index (χ0v) is 22.8. The van der Waals surface area contributed by atoms with Gasteiger partial charge in [0.05, 0.1) is 0 Å². The zero-order chi connectivity index (χ0) is 27.7. The first kappa shape index (κ1) is 27.2. The molecule has 0 radical (unpaired) electrons. The molecule has 0 aromatic heterocycles. The maximum absolute atomic E-state index is 13.1. The van der Waals surface area contributed by atoms with E-state index in [0.717, 1.165) is 54.0 Å². The van der Waals surface area contributed by atoms with Crippen molar-refractivity contribution < 1.29 is 9.59 Å². The highest BCUT2D eigenvalue weighted by atomic mass is 16.2. The molecule has 6 nitrogen and oxygen atoms in total. The number of carbonyl (C=O) groups is 2. The Kier molecular flexibility index (Phi) is 8.89. The third-order valence-electron chi connectivity index (χ3n) is 7.27. The van der Waals surface area contributed by atoms with Crippen molar-refractivity contribution in [2.45, 2.75) is 31.8 Å². The first-order valence-corrected chi connectivity index (χ1v) is 14.0. The summed E-state index contributed by atoms with van der Waals surface area (Å²) in [6, 6.07) is 35.4. The van der Waals surface area contributed by atoms with Crippen LogP contribution in [0.15, 0.2) is 109 Å². The second kappa shape index (κ2) is 13.1. The van der Waals surface area contributed by atoms with Crippen LogP contribution in [-0.4, -0.2) is 42.4 Å². The van der Waals surface area contributed by atoms with Crippen molar-refractivity contribution >= 4 is 23.2 Å². The Morgan fingerprint density at radius 1 is 0.825 bits per heavy atom. The summed E-state index contributed by atoms with van der Waals surface area (Å²) in [6.07, 6.45) is 1.85. The lowest BCUT2D eigenvalue weighted by molar-refractivity contribution is -0.126. The van der Waals surface area contributed by atoms with Gasteiger partial charge < -0.3 is 16.0 Å². The summed E-state index contributed by atoms with van der Waals surface area (Å²) in [4.78, 5) is 28.5. The molecule has 1 heterocycles. The topological polar surface area (TPSA) is 73.5 Å². The molecule has 0 saturated carbocycles. The molecule has 2 atom stereocenters. The Bertz CT molecular complexity index is 1410. The van der Waals surface area contributed by atoms with Crippen LogP contribution in [0.2, 0.25) is 0 Å². The van der Waals surface area contributed by atoms with Gasteiger partial charge in [-0.15, -0.1) is 0 Å². The van der Waals surface area contributed by atoms with Crippen molar-refractivity contribution in [2.24, 2.45) is 0 Å². The maximum Gasteiger partial charge on any atom is 0.256 e. The molecule has 40 heavy (non-hydrogen) atoms. The SMILES string of the molecule is CCCNC(=O)C(c1ccccc1)N1CCC(Nc2ccc(NC(=O)c3ccccc3-c3ccccc3)cc2)C1. The highest BCUT2D eigenvalue weighted by molar-refractivity contribution is 6.08. The summed E-state index contributed by atoms with van der Waals surface area (Å²) in [5.74, 6) is -0.0810. The number of likely N-dealkylation sites (tertiary alicyclic amines) is 1. The minimum Gasteiger partial charge on any atom is -0.381 e. The standard InChI is InChI=1S/C34H36N4O2/c1-2-22-35-34(40)32(26-13-7-4-8-14-26)38-23-21-29(24-38)36-27-17-19-28(20-18-27)37-33(39)31-16-10-9-15-30(31)25-11-5-3-6-12-25/h3-20,29,32,36H,2,21-24H2,1H3,(H,35,40)(H,37,39). The third-order valence-corrected chi connectivity index (χ3v) is 7.27. The summed E-state index contributed by atoms with van der Waals surface area (Å²) in [5.41, 5.74) is 5.30. The van der Waals surface area contributed by atoms with Crippen LogP contribution in [0, 0.1) is 0 Å². The van der Waals surface area contributed by atoms with E-state index in [1.807, 2.05) is 109 Å². The number of nitrogens with zero attached hydrogens (tertiary/aromatic N) is 1. The van der Waals surface area contributed by atoms with Crippen molar-refractivity contribution in [3.05, 3.63) is 120 Å². The van der Waals surface area contributed by atoms with Gasteiger partial charge in [-0.1, -0.05) is 85.8 Å². The zero-order valence-electron chi connectivity index (χ0n) is 22.8. The summed E-state index contributed by atoms with van der Waals surface area (Å²) >= 11 is 0. The Balaban J connectivity index is 1.21. The number of amides is 2. The van der Waals surface area contributed by atoms with Crippen molar-refractivity contribution in [1.82, 2.24) is 10.2 Å². The molecule has 0 bridgehead atoms. The van der Waals surface area contributed by atoms with Crippen LogP contribution in [0.3, 0.4) is 0 Å². The Hall–Kier alpha value is -4.42. The first-order chi connectivity index (χ1) is 19.6. The second-order valence-electron chi connectivity index (χ2n) is 10.2. The summed E-state index contributed by atoms with van der Waals surface area (Å²) < 4.78 is 0. The van der Waals surface area contributed by atoms with Gasteiger partial charge in [0.1, 0.15) is 6.04 Å². The molecule has 5 rings (SSSR count). The Morgan fingerprint density at radius 3 is 2.20 bits per heavy atom. The molecule has 0 spiro atoms. The Morgan fingerprint density at radius 2 is 1.48 bits per heavy atom. The number of hydrogen-bond donors (Lipinski definition) is 3. The normalized spacial score (nSPS) is 15.8. The highest BCUT2D eigenvalue weighted by Crippen LogP contribution is 2.28.